The minimum atomic E-state index is 0.595. The fourth-order valence-electron chi connectivity index (χ4n) is 2.27. The Balaban J connectivity index is 1.43. The fraction of sp³-hybridized carbons (Fsp3) is 0.125. The number of rotatable bonds is 5. The molecule has 0 amide bonds. The summed E-state index contributed by atoms with van der Waals surface area (Å²) in [6, 6.07) is 11.3. The predicted molar refractivity (Wildman–Crippen MR) is 86.6 cm³/mol. The smallest absolute Gasteiger partial charge is 0.199 e. The number of pyridine rings is 2. The molecule has 8 heteroatoms. The van der Waals surface area contributed by atoms with Crippen molar-refractivity contribution in [2.75, 3.05) is 0 Å². The van der Waals surface area contributed by atoms with Gasteiger partial charge in [0.1, 0.15) is 23.0 Å². The molecule has 0 aromatic carbocycles. The Morgan fingerprint density at radius 2 is 1.17 bits per heavy atom. The zero-order valence-electron chi connectivity index (χ0n) is 12.7. The molecule has 0 aliphatic rings. The van der Waals surface area contributed by atoms with Crippen molar-refractivity contribution in [1.29, 1.82) is 0 Å². The first-order valence-corrected chi connectivity index (χ1v) is 7.54. The Hall–Kier alpha value is -3.42. The monoisotopic (exact) mass is 318 g/mol. The van der Waals surface area contributed by atoms with E-state index in [1.807, 2.05) is 36.4 Å². The van der Waals surface area contributed by atoms with Gasteiger partial charge in [0.15, 0.2) is 11.6 Å². The predicted octanol–water partition coefficient (Wildman–Crippen LogP) is 1.83. The van der Waals surface area contributed by atoms with E-state index >= 15 is 0 Å². The average molecular weight is 318 g/mol. The first-order chi connectivity index (χ1) is 11.9. The number of hydrogen-bond acceptors (Lipinski definition) is 6. The van der Waals surface area contributed by atoms with E-state index in [1.54, 1.807) is 12.4 Å². The summed E-state index contributed by atoms with van der Waals surface area (Å²) in [6.45, 7) is 0. The molecule has 0 saturated heterocycles. The number of hydrogen-bond donors (Lipinski definition) is 2. The van der Waals surface area contributed by atoms with Crippen LogP contribution >= 0.6 is 0 Å². The summed E-state index contributed by atoms with van der Waals surface area (Å²) in [7, 11) is 0. The van der Waals surface area contributed by atoms with Crippen LogP contribution in [0.2, 0.25) is 0 Å². The molecule has 118 valence electrons. The molecule has 0 saturated carbocycles. The molecule has 4 rings (SSSR count). The Kier molecular flexibility index (Phi) is 3.77. The lowest BCUT2D eigenvalue weighted by atomic mass is 10.3. The molecular weight excluding hydrogens is 304 g/mol. The van der Waals surface area contributed by atoms with Crippen LogP contribution in [0.1, 0.15) is 11.6 Å². The number of nitrogens with one attached hydrogen (secondary N) is 2. The van der Waals surface area contributed by atoms with Crippen molar-refractivity contribution in [1.82, 2.24) is 40.3 Å². The number of H-pyrrole nitrogens is 2. The maximum absolute atomic E-state index is 4.46. The first kappa shape index (κ1) is 14.2. The summed E-state index contributed by atoms with van der Waals surface area (Å²) in [5, 5.41) is 14.3. The molecule has 4 aromatic rings. The van der Waals surface area contributed by atoms with Crippen molar-refractivity contribution in [2.24, 2.45) is 0 Å². The van der Waals surface area contributed by atoms with Crippen LogP contribution in [-0.2, 0) is 12.8 Å². The Bertz CT molecular complexity index is 836. The third-order valence-corrected chi connectivity index (χ3v) is 3.45. The van der Waals surface area contributed by atoms with Gasteiger partial charge in [-0.3, -0.25) is 20.2 Å². The molecular formula is C16H14N8. The molecule has 0 bridgehead atoms. The van der Waals surface area contributed by atoms with Gasteiger partial charge in [-0.2, -0.15) is 10.2 Å². The van der Waals surface area contributed by atoms with E-state index in [0.717, 1.165) is 23.0 Å². The third-order valence-electron chi connectivity index (χ3n) is 3.45. The highest BCUT2D eigenvalue weighted by molar-refractivity contribution is 5.48. The average Bonchev–Trinajstić information content (AvgIpc) is 3.31. The lowest BCUT2D eigenvalue weighted by Crippen LogP contribution is -1.96. The molecule has 24 heavy (non-hydrogen) atoms. The molecule has 4 heterocycles. The largest absolute Gasteiger partial charge is 0.263 e. The van der Waals surface area contributed by atoms with Crippen molar-refractivity contribution in [3.63, 3.8) is 0 Å². The molecule has 0 unspecified atom stereocenters. The zero-order valence-corrected chi connectivity index (χ0v) is 12.7. The van der Waals surface area contributed by atoms with Gasteiger partial charge >= 0.3 is 0 Å². The quantitative estimate of drug-likeness (QED) is 0.581. The van der Waals surface area contributed by atoms with Crippen LogP contribution in [0, 0.1) is 0 Å². The maximum Gasteiger partial charge on any atom is 0.199 e. The number of aromatic amines is 2. The van der Waals surface area contributed by atoms with Crippen molar-refractivity contribution in [3.05, 3.63) is 60.4 Å². The molecule has 0 atom stereocenters. The zero-order chi connectivity index (χ0) is 16.2. The van der Waals surface area contributed by atoms with Crippen LogP contribution in [0.25, 0.3) is 23.0 Å². The highest BCUT2D eigenvalue weighted by atomic mass is 15.2. The van der Waals surface area contributed by atoms with Gasteiger partial charge in [-0.25, -0.2) is 9.97 Å². The fourth-order valence-corrected chi connectivity index (χ4v) is 2.27. The summed E-state index contributed by atoms with van der Waals surface area (Å²) in [5.74, 6) is 2.76. The lowest BCUT2D eigenvalue weighted by Gasteiger charge is -1.93. The minimum absolute atomic E-state index is 0.595. The van der Waals surface area contributed by atoms with Gasteiger partial charge in [-0.1, -0.05) is 12.1 Å². The second kappa shape index (κ2) is 6.37. The molecule has 0 spiro atoms. The molecule has 8 nitrogen and oxygen atoms in total. The van der Waals surface area contributed by atoms with Crippen LogP contribution < -0.4 is 0 Å². The van der Waals surface area contributed by atoms with Crippen LogP contribution in [0.3, 0.4) is 0 Å². The van der Waals surface area contributed by atoms with Crippen LogP contribution in [-0.4, -0.2) is 40.3 Å². The van der Waals surface area contributed by atoms with Crippen molar-refractivity contribution in [2.45, 2.75) is 12.8 Å². The normalized spacial score (nSPS) is 10.8. The van der Waals surface area contributed by atoms with E-state index in [9.17, 15) is 0 Å². The minimum Gasteiger partial charge on any atom is -0.263 e. The summed E-state index contributed by atoms with van der Waals surface area (Å²) in [6.07, 6.45) is 4.80. The third kappa shape index (κ3) is 3.02. The van der Waals surface area contributed by atoms with Crippen molar-refractivity contribution >= 4 is 0 Å². The number of nitrogens with zero attached hydrogens (tertiary/aromatic N) is 6. The van der Waals surface area contributed by atoms with E-state index in [4.69, 9.17) is 0 Å². The summed E-state index contributed by atoms with van der Waals surface area (Å²) in [5.41, 5.74) is 1.49. The first-order valence-electron chi connectivity index (χ1n) is 7.54. The van der Waals surface area contributed by atoms with Gasteiger partial charge in [0.2, 0.25) is 0 Å². The SMILES string of the molecule is c1ccc(-c2n[nH]c(CCc3nc(-c4ccccn4)n[nH]3)n2)nc1. The second-order valence-corrected chi connectivity index (χ2v) is 5.14. The highest BCUT2D eigenvalue weighted by Gasteiger charge is 2.10. The number of aromatic nitrogens is 8. The Morgan fingerprint density at radius 1 is 0.667 bits per heavy atom. The molecule has 4 aromatic heterocycles. The van der Waals surface area contributed by atoms with E-state index in [-0.39, 0.29) is 0 Å². The van der Waals surface area contributed by atoms with Gasteiger partial charge in [0.05, 0.1) is 0 Å². The van der Waals surface area contributed by atoms with Crippen LogP contribution in [0.15, 0.2) is 48.8 Å². The molecule has 0 aliphatic carbocycles. The second-order valence-electron chi connectivity index (χ2n) is 5.14. The Labute approximate surface area is 137 Å². The topological polar surface area (TPSA) is 109 Å². The Morgan fingerprint density at radius 3 is 1.58 bits per heavy atom. The summed E-state index contributed by atoms with van der Waals surface area (Å²) >= 11 is 0. The molecule has 0 fully saturated rings. The van der Waals surface area contributed by atoms with Crippen LogP contribution in [0.5, 0.6) is 0 Å². The summed E-state index contributed by atoms with van der Waals surface area (Å²) in [4.78, 5) is 17.4. The lowest BCUT2D eigenvalue weighted by molar-refractivity contribution is 0.814. The van der Waals surface area contributed by atoms with Crippen LogP contribution in [0.4, 0.5) is 0 Å². The van der Waals surface area contributed by atoms with Crippen molar-refractivity contribution in [3.8, 4) is 23.0 Å². The van der Waals surface area contributed by atoms with E-state index in [0.29, 0.717) is 24.5 Å². The van der Waals surface area contributed by atoms with Gasteiger partial charge < -0.3 is 0 Å². The van der Waals surface area contributed by atoms with Gasteiger partial charge in [-0.15, -0.1) is 0 Å². The molecule has 0 radical (unpaired) electrons. The van der Waals surface area contributed by atoms with E-state index < -0.39 is 0 Å². The van der Waals surface area contributed by atoms with E-state index in [2.05, 4.69) is 40.3 Å². The van der Waals surface area contributed by atoms with E-state index in [1.165, 1.54) is 0 Å². The molecule has 0 aliphatic heterocycles. The number of aryl methyl sites for hydroxylation is 2. The van der Waals surface area contributed by atoms with Gasteiger partial charge in [-0.05, 0) is 24.3 Å². The summed E-state index contributed by atoms with van der Waals surface area (Å²) < 4.78 is 0. The van der Waals surface area contributed by atoms with Gasteiger partial charge in [0.25, 0.3) is 0 Å². The standard InChI is InChI=1S/C16H14N8/c1-3-9-17-11(5-1)15-19-13(21-23-15)7-8-14-20-16(24-22-14)12-6-2-4-10-18-12/h1-6,9-10H,7-8H2,(H,19,21,23)(H,20,22,24). The maximum atomic E-state index is 4.46. The van der Waals surface area contributed by atoms with Crippen molar-refractivity contribution < 1.29 is 0 Å². The highest BCUT2D eigenvalue weighted by Crippen LogP contribution is 2.12. The van der Waals surface area contributed by atoms with Gasteiger partial charge in [0, 0.05) is 25.2 Å². The molecule has 2 N–H and O–H groups in total.